The van der Waals surface area contributed by atoms with Crippen LogP contribution in [0.15, 0.2) is 45.9 Å². The zero-order valence-electron chi connectivity index (χ0n) is 10.2. The van der Waals surface area contributed by atoms with Gasteiger partial charge in [0.1, 0.15) is 5.82 Å². The molecule has 0 aliphatic rings. The maximum absolute atomic E-state index is 12.4. The van der Waals surface area contributed by atoms with E-state index in [0.29, 0.717) is 5.65 Å². The summed E-state index contributed by atoms with van der Waals surface area (Å²) in [6.07, 6.45) is 4.29. The van der Waals surface area contributed by atoms with Crippen LogP contribution >= 0.6 is 15.9 Å². The molecule has 0 N–H and O–H groups in total. The van der Waals surface area contributed by atoms with Crippen LogP contribution in [0.1, 0.15) is 12.7 Å². The molecular weight excluding hydrogens is 308 g/mol. The maximum Gasteiger partial charge on any atom is 0.300 e. The highest BCUT2D eigenvalue weighted by molar-refractivity contribution is 9.10. The van der Waals surface area contributed by atoms with Crippen molar-refractivity contribution in [1.29, 1.82) is 0 Å². The number of fused-ring (bicyclic) bond motifs is 1. The van der Waals surface area contributed by atoms with Crippen LogP contribution in [0.25, 0.3) is 11.3 Å². The summed E-state index contributed by atoms with van der Waals surface area (Å²) < 4.78 is 4.27. The summed E-state index contributed by atoms with van der Waals surface area (Å²) >= 11 is 3.38. The number of aromatic nitrogens is 4. The number of hydrogen-bond donors (Lipinski definition) is 0. The fourth-order valence-electron chi connectivity index (χ4n) is 1.98. The van der Waals surface area contributed by atoms with E-state index in [1.807, 2.05) is 37.4 Å². The summed E-state index contributed by atoms with van der Waals surface area (Å²) in [5, 5.41) is 7.98. The van der Waals surface area contributed by atoms with Gasteiger partial charge in [-0.05, 0) is 24.3 Å². The highest BCUT2D eigenvalue weighted by atomic mass is 79.9. The Balaban J connectivity index is 2.23. The van der Waals surface area contributed by atoms with Crippen molar-refractivity contribution in [2.24, 2.45) is 0 Å². The van der Waals surface area contributed by atoms with E-state index in [4.69, 9.17) is 0 Å². The molecule has 0 unspecified atom stereocenters. The van der Waals surface area contributed by atoms with E-state index in [9.17, 15) is 4.79 Å². The van der Waals surface area contributed by atoms with Crippen molar-refractivity contribution in [2.75, 3.05) is 0 Å². The number of aryl methyl sites for hydroxylation is 1. The van der Waals surface area contributed by atoms with Gasteiger partial charge in [0.25, 0.3) is 0 Å². The molecule has 0 amide bonds. The smallest absolute Gasteiger partial charge is 0.280 e. The van der Waals surface area contributed by atoms with E-state index in [1.54, 1.807) is 15.2 Å². The monoisotopic (exact) mass is 318 g/mol. The first-order valence-corrected chi connectivity index (χ1v) is 6.71. The molecule has 1 aromatic carbocycles. The Labute approximate surface area is 117 Å². The Bertz CT molecular complexity index is 789. The lowest BCUT2D eigenvalue weighted by Crippen LogP contribution is -2.20. The Morgan fingerprint density at radius 2 is 1.89 bits per heavy atom. The van der Waals surface area contributed by atoms with Crippen LogP contribution < -0.4 is 5.56 Å². The first-order valence-electron chi connectivity index (χ1n) is 5.92. The van der Waals surface area contributed by atoms with Gasteiger partial charge in [-0.15, -0.1) is 10.2 Å². The second-order valence-corrected chi connectivity index (χ2v) is 5.03. The van der Waals surface area contributed by atoms with Crippen LogP contribution in [-0.2, 0) is 6.42 Å². The summed E-state index contributed by atoms with van der Waals surface area (Å²) in [6, 6.07) is 7.54. The Morgan fingerprint density at radius 1 is 1.16 bits per heavy atom. The van der Waals surface area contributed by atoms with Crippen LogP contribution in [0.2, 0.25) is 0 Å². The SMILES string of the molecule is CCc1nnc2c(=O)n(-c3ccc(Br)cc3)ccn12. The molecule has 19 heavy (non-hydrogen) atoms. The van der Waals surface area contributed by atoms with Crippen molar-refractivity contribution in [2.45, 2.75) is 13.3 Å². The Morgan fingerprint density at radius 3 is 2.58 bits per heavy atom. The van der Waals surface area contributed by atoms with E-state index in [1.165, 1.54) is 0 Å². The average molecular weight is 319 g/mol. The van der Waals surface area contributed by atoms with Gasteiger partial charge in [-0.1, -0.05) is 22.9 Å². The standard InChI is InChI=1S/C13H11BrN4O/c1-2-11-15-16-12-13(19)17(7-8-18(11)12)10-5-3-9(14)4-6-10/h3-8H,2H2,1H3. The summed E-state index contributed by atoms with van der Waals surface area (Å²) in [7, 11) is 0. The molecule has 2 aromatic heterocycles. The highest BCUT2D eigenvalue weighted by Gasteiger charge is 2.09. The molecule has 0 fully saturated rings. The summed E-state index contributed by atoms with van der Waals surface area (Å²) in [6.45, 7) is 1.98. The van der Waals surface area contributed by atoms with E-state index in [2.05, 4.69) is 26.1 Å². The van der Waals surface area contributed by atoms with E-state index < -0.39 is 0 Å². The van der Waals surface area contributed by atoms with Crippen molar-refractivity contribution >= 4 is 21.6 Å². The molecule has 0 saturated carbocycles. The number of halogens is 1. The third-order valence-corrected chi connectivity index (χ3v) is 3.49. The predicted octanol–water partition coefficient (Wildman–Crippen LogP) is 2.21. The predicted molar refractivity (Wildman–Crippen MR) is 75.7 cm³/mol. The number of benzene rings is 1. The normalized spacial score (nSPS) is 11.1. The van der Waals surface area contributed by atoms with E-state index in [0.717, 1.165) is 22.4 Å². The van der Waals surface area contributed by atoms with Crippen LogP contribution in [0.3, 0.4) is 0 Å². The van der Waals surface area contributed by atoms with Gasteiger partial charge in [-0.2, -0.15) is 0 Å². The van der Waals surface area contributed by atoms with Crippen LogP contribution in [0.4, 0.5) is 0 Å². The molecule has 0 aliphatic carbocycles. The van der Waals surface area contributed by atoms with Crippen molar-refractivity contribution < 1.29 is 0 Å². The molecule has 0 aliphatic heterocycles. The fraction of sp³-hybridized carbons (Fsp3) is 0.154. The van der Waals surface area contributed by atoms with E-state index in [-0.39, 0.29) is 5.56 Å². The molecule has 0 atom stereocenters. The zero-order valence-corrected chi connectivity index (χ0v) is 11.8. The Kier molecular flexibility index (Phi) is 2.94. The first-order chi connectivity index (χ1) is 9.20. The number of nitrogens with zero attached hydrogens (tertiary/aromatic N) is 4. The van der Waals surface area contributed by atoms with Gasteiger partial charge in [0.15, 0.2) is 0 Å². The zero-order chi connectivity index (χ0) is 13.4. The maximum atomic E-state index is 12.4. The Hall–Kier alpha value is -1.95. The lowest BCUT2D eigenvalue weighted by molar-refractivity contribution is 0.890. The summed E-state index contributed by atoms with van der Waals surface area (Å²) in [5.74, 6) is 0.787. The third kappa shape index (κ3) is 1.98. The largest absolute Gasteiger partial charge is 0.300 e. The van der Waals surface area contributed by atoms with Gasteiger partial charge in [0, 0.05) is 29.0 Å². The second-order valence-electron chi connectivity index (χ2n) is 4.11. The molecule has 6 heteroatoms. The summed E-state index contributed by atoms with van der Waals surface area (Å²) in [4.78, 5) is 12.4. The first kappa shape index (κ1) is 12.1. The second kappa shape index (κ2) is 4.62. The van der Waals surface area contributed by atoms with Crippen LogP contribution in [-0.4, -0.2) is 19.2 Å². The minimum atomic E-state index is -0.169. The third-order valence-electron chi connectivity index (χ3n) is 2.96. The lowest BCUT2D eigenvalue weighted by atomic mass is 10.3. The molecule has 0 radical (unpaired) electrons. The number of hydrogen-bond acceptors (Lipinski definition) is 3. The van der Waals surface area contributed by atoms with Crippen molar-refractivity contribution in [3.8, 4) is 5.69 Å². The topological polar surface area (TPSA) is 52.2 Å². The van der Waals surface area contributed by atoms with Gasteiger partial charge in [0.2, 0.25) is 5.65 Å². The van der Waals surface area contributed by atoms with E-state index >= 15 is 0 Å². The molecule has 96 valence electrons. The lowest BCUT2D eigenvalue weighted by Gasteiger charge is -2.06. The summed E-state index contributed by atoms with van der Waals surface area (Å²) in [5.41, 5.74) is 0.982. The minimum absolute atomic E-state index is 0.169. The van der Waals surface area contributed by atoms with Gasteiger partial charge in [-0.25, -0.2) is 0 Å². The van der Waals surface area contributed by atoms with Crippen LogP contribution in [0.5, 0.6) is 0 Å². The van der Waals surface area contributed by atoms with Gasteiger partial charge in [0.05, 0.1) is 0 Å². The van der Waals surface area contributed by atoms with Crippen molar-refractivity contribution in [3.63, 3.8) is 0 Å². The van der Waals surface area contributed by atoms with Gasteiger partial charge < -0.3 is 0 Å². The van der Waals surface area contributed by atoms with Gasteiger partial charge in [-0.3, -0.25) is 13.8 Å². The van der Waals surface area contributed by atoms with Crippen molar-refractivity contribution in [1.82, 2.24) is 19.2 Å². The molecule has 5 nitrogen and oxygen atoms in total. The van der Waals surface area contributed by atoms with Crippen LogP contribution in [0, 0.1) is 0 Å². The molecule has 3 aromatic rings. The molecule has 0 spiro atoms. The van der Waals surface area contributed by atoms with Crippen molar-refractivity contribution in [3.05, 3.63) is 57.3 Å². The molecule has 3 rings (SSSR count). The molecular formula is C13H11BrN4O. The molecule has 0 bridgehead atoms. The average Bonchev–Trinajstić information content (AvgIpc) is 2.84. The molecule has 0 saturated heterocycles. The minimum Gasteiger partial charge on any atom is -0.280 e. The fourth-order valence-corrected chi connectivity index (χ4v) is 2.25. The quantitative estimate of drug-likeness (QED) is 0.728. The number of rotatable bonds is 2. The highest BCUT2D eigenvalue weighted by Crippen LogP contribution is 2.13. The van der Waals surface area contributed by atoms with Gasteiger partial charge >= 0.3 is 5.56 Å². The molecule has 2 heterocycles.